The van der Waals surface area contributed by atoms with Crippen molar-refractivity contribution in [3.63, 3.8) is 0 Å². The third-order valence-electron chi connectivity index (χ3n) is 1.81. The summed E-state index contributed by atoms with van der Waals surface area (Å²) in [5, 5.41) is 0. The molecule has 9 heteroatoms. The molecule has 0 aliphatic rings. The highest BCUT2D eigenvalue weighted by atomic mass is 32.7. The summed E-state index contributed by atoms with van der Waals surface area (Å²) in [5.74, 6) is 0. The van der Waals surface area contributed by atoms with Crippen LogP contribution in [0.1, 0.15) is 27.2 Å². The number of nitrogens with one attached hydrogen (secondary N) is 1. The maximum atomic E-state index is 11.9. The fourth-order valence-electron chi connectivity index (χ4n) is 0.850. The maximum Gasteiger partial charge on any atom is 0.421 e. The van der Waals surface area contributed by atoms with Crippen molar-refractivity contribution in [1.82, 2.24) is 8.80 Å². The van der Waals surface area contributed by atoms with E-state index >= 15 is 0 Å². The van der Waals surface area contributed by atoms with Crippen LogP contribution in [-0.4, -0.2) is 36.4 Å². The lowest BCUT2D eigenvalue weighted by Gasteiger charge is -2.25. The lowest BCUT2D eigenvalue weighted by molar-refractivity contribution is 0.122. The van der Waals surface area contributed by atoms with Crippen LogP contribution in [0.15, 0.2) is 0 Å². The molecule has 18 heavy (non-hydrogen) atoms. The Hall–Kier alpha value is 0.120. The second kappa shape index (κ2) is 9.09. The van der Waals surface area contributed by atoms with Crippen molar-refractivity contribution in [3.8, 4) is 0 Å². The fourth-order valence-corrected chi connectivity index (χ4v) is 4.10. The molecule has 1 atom stereocenters. The zero-order valence-corrected chi connectivity index (χ0v) is 13.9. The van der Waals surface area contributed by atoms with E-state index in [-0.39, 0.29) is 6.04 Å². The summed E-state index contributed by atoms with van der Waals surface area (Å²) in [6.07, 6.45) is 1.98. The van der Waals surface area contributed by atoms with Crippen molar-refractivity contribution in [2.45, 2.75) is 33.2 Å². The monoisotopic (exact) mass is 316 g/mol. The largest absolute Gasteiger partial charge is 0.449 e. The van der Waals surface area contributed by atoms with Gasteiger partial charge in [0.2, 0.25) is 0 Å². The summed E-state index contributed by atoms with van der Waals surface area (Å²) >= 11 is 2.02. The van der Waals surface area contributed by atoms with Crippen molar-refractivity contribution in [1.29, 1.82) is 0 Å². The average Bonchev–Trinajstić information content (AvgIpc) is 2.35. The molecule has 108 valence electrons. The summed E-state index contributed by atoms with van der Waals surface area (Å²) in [5.41, 5.74) is 0. The fraction of sp³-hybridized carbons (Fsp3) is 0.889. The normalized spacial score (nSPS) is 14.3. The Balaban J connectivity index is 4.45. The molecule has 0 aliphatic heterocycles. The highest BCUT2D eigenvalue weighted by Gasteiger charge is 2.26. The number of ether oxygens (including phenoxy) is 1. The van der Waals surface area contributed by atoms with Crippen LogP contribution in [0, 0.1) is 0 Å². The van der Waals surface area contributed by atoms with Crippen LogP contribution < -0.4 is 4.49 Å². The zero-order chi connectivity index (χ0) is 14.2. The molecule has 0 saturated heterocycles. The van der Waals surface area contributed by atoms with Gasteiger partial charge in [0, 0.05) is 13.2 Å². The molecule has 0 aromatic heterocycles. The molecule has 0 radical (unpaired) electrons. The molecule has 1 amide bonds. The summed E-state index contributed by atoms with van der Waals surface area (Å²) in [4.78, 5) is 11.7. The summed E-state index contributed by atoms with van der Waals surface area (Å²) < 4.78 is 25.9. The minimum atomic E-state index is -2.96. The topological polar surface area (TPSA) is 67.9 Å². The van der Waals surface area contributed by atoms with Crippen molar-refractivity contribution in [3.05, 3.63) is 0 Å². The molecular weight excluding hydrogens is 295 g/mol. The van der Waals surface area contributed by atoms with Crippen molar-refractivity contribution in [2.75, 3.05) is 20.0 Å². The van der Waals surface area contributed by atoms with Crippen LogP contribution >= 0.6 is 30.2 Å². The molecule has 1 unspecified atom stereocenters. The van der Waals surface area contributed by atoms with Gasteiger partial charge in [-0.05, 0) is 26.5 Å². The summed E-state index contributed by atoms with van der Waals surface area (Å²) in [6.45, 7) is 3.02. The van der Waals surface area contributed by atoms with E-state index in [1.807, 2.05) is 20.8 Å². The highest BCUT2D eigenvalue weighted by molar-refractivity contribution is 8.56. The first-order valence-corrected chi connectivity index (χ1v) is 9.74. The van der Waals surface area contributed by atoms with E-state index in [0.717, 1.165) is 29.9 Å². The SMILES string of the molecule is CCCOC(=O)N(SNP(=O)(OC)SC)C(C)C. The van der Waals surface area contributed by atoms with Crippen LogP contribution in [0.4, 0.5) is 4.79 Å². The van der Waals surface area contributed by atoms with Gasteiger partial charge in [0.25, 0.3) is 0 Å². The summed E-state index contributed by atoms with van der Waals surface area (Å²) in [6, 6.07) is -0.0842. The maximum absolute atomic E-state index is 11.9. The standard InChI is InChI=1S/C9H21N2O4PS2/c1-6-7-15-9(12)11(8(2)3)18-10-16(13,14-4)17-5/h8H,6-7H2,1-5H3,(H,10,13). The Bertz CT molecular complexity index is 296. The van der Waals surface area contributed by atoms with Gasteiger partial charge in [0.15, 0.2) is 0 Å². The van der Waals surface area contributed by atoms with E-state index in [9.17, 15) is 9.36 Å². The first-order valence-electron chi connectivity index (χ1n) is 5.52. The van der Waals surface area contributed by atoms with E-state index in [1.54, 1.807) is 6.26 Å². The lowest BCUT2D eigenvalue weighted by Crippen LogP contribution is -2.33. The van der Waals surface area contributed by atoms with Gasteiger partial charge >= 0.3 is 12.8 Å². The average molecular weight is 316 g/mol. The Morgan fingerprint density at radius 2 is 2.11 bits per heavy atom. The van der Waals surface area contributed by atoms with Gasteiger partial charge in [-0.25, -0.2) is 9.10 Å². The second-order valence-corrected chi connectivity index (χ2v) is 9.15. The molecule has 0 aromatic carbocycles. The number of amides is 1. The quantitative estimate of drug-likeness (QED) is 0.543. The van der Waals surface area contributed by atoms with E-state index < -0.39 is 12.8 Å². The van der Waals surface area contributed by atoms with Gasteiger partial charge in [0.1, 0.15) is 0 Å². The van der Waals surface area contributed by atoms with E-state index in [0.29, 0.717) is 6.61 Å². The molecule has 0 aromatic rings. The Morgan fingerprint density at radius 3 is 2.50 bits per heavy atom. The van der Waals surface area contributed by atoms with Crippen LogP contribution in [0.5, 0.6) is 0 Å². The minimum Gasteiger partial charge on any atom is -0.449 e. The van der Waals surface area contributed by atoms with Crippen LogP contribution in [0.3, 0.4) is 0 Å². The second-order valence-electron chi connectivity index (χ2n) is 3.58. The highest BCUT2D eigenvalue weighted by Crippen LogP contribution is 2.55. The van der Waals surface area contributed by atoms with Crippen LogP contribution in [0.2, 0.25) is 0 Å². The summed E-state index contributed by atoms with van der Waals surface area (Å²) in [7, 11) is 1.36. The first kappa shape index (κ1) is 18.1. The van der Waals surface area contributed by atoms with Crippen molar-refractivity contribution < 1.29 is 18.6 Å². The number of carbonyl (C=O) groups excluding carboxylic acids is 1. The van der Waals surface area contributed by atoms with Crippen LogP contribution in [-0.2, 0) is 13.8 Å². The number of nitrogens with zero attached hydrogens (tertiary/aromatic N) is 1. The first-order chi connectivity index (χ1) is 8.40. The molecular formula is C9H21N2O4PS2. The molecule has 0 rings (SSSR count). The number of hydrogen-bond donors (Lipinski definition) is 1. The van der Waals surface area contributed by atoms with Gasteiger partial charge in [0.05, 0.1) is 18.7 Å². The van der Waals surface area contributed by atoms with Gasteiger partial charge in [-0.15, -0.1) is 0 Å². The van der Waals surface area contributed by atoms with Gasteiger partial charge in [-0.3, -0.25) is 4.57 Å². The smallest absolute Gasteiger partial charge is 0.421 e. The van der Waals surface area contributed by atoms with Crippen LogP contribution in [0.25, 0.3) is 0 Å². The van der Waals surface area contributed by atoms with Gasteiger partial charge < -0.3 is 9.26 Å². The Labute approximate surface area is 117 Å². The van der Waals surface area contributed by atoms with E-state index in [2.05, 4.69) is 4.49 Å². The predicted octanol–water partition coefficient (Wildman–Crippen LogP) is 3.51. The number of rotatable bonds is 8. The van der Waals surface area contributed by atoms with E-state index in [1.165, 1.54) is 11.4 Å². The lowest BCUT2D eigenvalue weighted by atomic mass is 10.4. The third kappa shape index (κ3) is 6.33. The zero-order valence-electron chi connectivity index (χ0n) is 11.3. The third-order valence-corrected chi connectivity index (χ3v) is 7.32. The molecule has 0 heterocycles. The van der Waals surface area contributed by atoms with Gasteiger partial charge in [-0.1, -0.05) is 18.3 Å². The number of hydrogen-bond acceptors (Lipinski definition) is 6. The minimum absolute atomic E-state index is 0.0842. The molecule has 0 aliphatic carbocycles. The molecule has 0 fully saturated rings. The molecule has 0 bridgehead atoms. The predicted molar refractivity (Wildman–Crippen MR) is 77.5 cm³/mol. The van der Waals surface area contributed by atoms with E-state index in [4.69, 9.17) is 9.26 Å². The molecule has 0 saturated carbocycles. The Morgan fingerprint density at radius 1 is 1.50 bits per heavy atom. The van der Waals surface area contributed by atoms with Crippen molar-refractivity contribution >= 4 is 36.3 Å². The molecule has 1 N–H and O–H groups in total. The van der Waals surface area contributed by atoms with Crippen molar-refractivity contribution in [2.24, 2.45) is 0 Å². The Kier molecular flexibility index (Phi) is 9.15. The molecule has 6 nitrogen and oxygen atoms in total. The number of carbonyl (C=O) groups is 1. The van der Waals surface area contributed by atoms with Gasteiger partial charge in [-0.2, -0.15) is 4.49 Å². The molecule has 0 spiro atoms.